The van der Waals surface area contributed by atoms with Crippen molar-refractivity contribution in [2.75, 3.05) is 44.4 Å². The summed E-state index contributed by atoms with van der Waals surface area (Å²) in [6, 6.07) is 0. The van der Waals surface area contributed by atoms with Crippen molar-refractivity contribution in [2.45, 2.75) is 108 Å². The standard InChI is InChI=1S/C28H46N7O20P3S.C6H12O4/c1-26(2,22(41)25(42)31-6-5-16(36)30-7-8-59-18(39)10-27(3,43)9-17(37)38)12-52-58(49,50)55-57(47,48)51-11-15-20(54-56(44,45)46)21(40)28(4,53-15)35-14-34-19-23(29)32-13-33-24(19)35;1-6(10,2-3-7)4-5(8)9/h13-15,20-22,40-41,43H,5-12H2,1-4H3,(H,30,36)(H,31,42)(H,37,38)(H,47,48)(H,49,50)(H2,29,32,33)(H2,44,45,46);7,10H,2-4H2,1H3,(H,8,9)/p-4/t15?,20?,21?,22?,27-,28?;6-/m01/s1. The monoisotopic (exact) mass is 1070 g/mol. The molecule has 31 nitrogen and oxygen atoms in total. The lowest BCUT2D eigenvalue weighted by Gasteiger charge is -2.36. The molecule has 11 N–H and O–H groups in total. The fraction of sp³-hybridized carbons (Fsp3) is 0.706. The van der Waals surface area contributed by atoms with Gasteiger partial charge in [0.15, 0.2) is 22.3 Å². The number of aliphatic carboxylic acids is 2. The fourth-order valence-electron chi connectivity index (χ4n) is 5.99. The maximum Gasteiger partial charge on any atom is 0.306 e. The number of aromatic nitrogens is 4. The van der Waals surface area contributed by atoms with Crippen molar-refractivity contribution in [1.29, 1.82) is 0 Å². The van der Waals surface area contributed by atoms with Gasteiger partial charge in [-0.25, -0.2) is 19.3 Å². The van der Waals surface area contributed by atoms with E-state index in [1.165, 1.54) is 13.8 Å². The molecular formula is C34H54N7O24P3S-4. The molecule has 7 unspecified atom stereocenters. The smallest absolute Gasteiger partial charge is 0.306 e. The van der Waals surface area contributed by atoms with Crippen molar-refractivity contribution in [3.63, 3.8) is 0 Å². The Morgan fingerprint density at radius 2 is 1.54 bits per heavy atom. The zero-order chi connectivity index (χ0) is 53.0. The van der Waals surface area contributed by atoms with E-state index in [9.17, 15) is 72.6 Å². The number of imidazole rings is 1. The van der Waals surface area contributed by atoms with Gasteiger partial charge in [-0.1, -0.05) is 25.6 Å². The summed E-state index contributed by atoms with van der Waals surface area (Å²) >= 11 is 0.759. The summed E-state index contributed by atoms with van der Waals surface area (Å²) in [6.07, 6.45) is -7.62. The van der Waals surface area contributed by atoms with Gasteiger partial charge in [0.25, 0.3) is 15.6 Å². The number of thioether (sulfide) groups is 1. The van der Waals surface area contributed by atoms with Crippen LogP contribution in [0.3, 0.4) is 0 Å². The first-order chi connectivity index (χ1) is 31.5. The van der Waals surface area contributed by atoms with E-state index in [4.69, 9.17) is 30.9 Å². The molecule has 0 radical (unpaired) electrons. The zero-order valence-electron chi connectivity index (χ0n) is 37.4. The highest BCUT2D eigenvalue weighted by molar-refractivity contribution is 8.13. The van der Waals surface area contributed by atoms with Gasteiger partial charge < -0.3 is 94.6 Å². The van der Waals surface area contributed by atoms with E-state index in [0.29, 0.717) is 0 Å². The predicted octanol–water partition coefficient (Wildman–Crippen LogP) is -4.48. The number of fused-ring (bicyclic) bond motifs is 1. The van der Waals surface area contributed by atoms with Gasteiger partial charge in [0.1, 0.15) is 36.3 Å². The third-order valence-corrected chi connectivity index (χ3v) is 13.4. The van der Waals surface area contributed by atoms with Gasteiger partial charge >= 0.3 is 11.9 Å². The molecular weight excluding hydrogens is 1020 g/mol. The summed E-state index contributed by atoms with van der Waals surface area (Å²) in [5.74, 6) is -3.99. The number of aliphatic hydroxyl groups excluding tert-OH is 3. The van der Waals surface area contributed by atoms with Gasteiger partial charge in [0.2, 0.25) is 11.8 Å². The van der Waals surface area contributed by atoms with Crippen LogP contribution in [-0.4, -0.2) is 158 Å². The number of hydrogen-bond donors (Lipinski definition) is 10. The fourth-order valence-corrected chi connectivity index (χ4v) is 9.56. The third kappa shape index (κ3) is 20.6. The minimum Gasteiger partial charge on any atom is -0.790 e. The Bertz CT molecular complexity index is 2260. The van der Waals surface area contributed by atoms with Crippen molar-refractivity contribution in [3.05, 3.63) is 12.7 Å². The molecule has 3 heterocycles. The number of phosphoric ester groups is 3. The summed E-state index contributed by atoms with van der Waals surface area (Å²) in [5, 5.41) is 70.2. The molecule has 0 saturated carbocycles. The molecule has 2 aromatic rings. The minimum absolute atomic E-state index is 0.00412. The first-order valence-corrected chi connectivity index (χ1v) is 25.3. The van der Waals surface area contributed by atoms with Crippen molar-refractivity contribution < 1.29 is 116 Å². The lowest BCUT2D eigenvalue weighted by molar-refractivity contribution is -0.347. The molecule has 394 valence electrons. The summed E-state index contributed by atoms with van der Waals surface area (Å²) in [5.41, 5.74) is -1.10. The number of nitrogens with zero attached hydrogens (tertiary/aromatic N) is 4. The Hall–Kier alpha value is -3.62. The van der Waals surface area contributed by atoms with Crippen LogP contribution in [0, 0.1) is 5.41 Å². The number of anilines is 1. The molecule has 0 spiro atoms. The molecule has 69 heavy (non-hydrogen) atoms. The van der Waals surface area contributed by atoms with Gasteiger partial charge in [-0.3, -0.25) is 37.7 Å². The van der Waals surface area contributed by atoms with Gasteiger partial charge in [0, 0.05) is 43.7 Å². The van der Waals surface area contributed by atoms with Gasteiger partial charge in [-0.2, -0.15) is 0 Å². The number of amides is 2. The first kappa shape index (κ1) is 61.5. The Balaban J connectivity index is 0.00000146. The molecule has 1 saturated heterocycles. The van der Waals surface area contributed by atoms with Crippen LogP contribution in [0.2, 0.25) is 0 Å². The molecule has 2 aromatic heterocycles. The molecule has 0 aliphatic carbocycles. The number of carboxylic acid groups (broad SMARTS) is 2. The lowest BCUT2D eigenvalue weighted by Crippen LogP contribution is -2.46. The molecule has 2 amide bonds. The number of carbonyl (C=O) groups excluding carboxylic acids is 3. The molecule has 1 aliphatic rings. The number of carbonyl (C=O) groups is 5. The maximum atomic E-state index is 12.6. The number of hydrogen-bond acceptors (Lipinski definition) is 27. The third-order valence-electron chi connectivity index (χ3n) is 9.47. The predicted molar refractivity (Wildman–Crippen MR) is 225 cm³/mol. The normalized spacial score (nSPS) is 22.4. The van der Waals surface area contributed by atoms with Crippen LogP contribution < -0.4 is 35.9 Å². The van der Waals surface area contributed by atoms with E-state index in [1.807, 2.05) is 0 Å². The average Bonchev–Trinajstić information content (AvgIpc) is 3.72. The van der Waals surface area contributed by atoms with Gasteiger partial charge in [-0.05, 0) is 27.2 Å². The highest BCUT2D eigenvalue weighted by Gasteiger charge is 2.55. The number of nitrogens with two attached hydrogens (primary N) is 1. The van der Waals surface area contributed by atoms with E-state index >= 15 is 0 Å². The summed E-state index contributed by atoms with van der Waals surface area (Å²) in [7, 11) is -17.7. The van der Waals surface area contributed by atoms with Crippen LogP contribution in [0.1, 0.15) is 66.7 Å². The number of nitrogens with one attached hydrogen (secondary N) is 2. The molecule has 9 atom stereocenters. The largest absolute Gasteiger partial charge is 0.790 e. The molecule has 0 bridgehead atoms. The van der Waals surface area contributed by atoms with E-state index in [2.05, 4.69) is 43.5 Å². The molecule has 0 aromatic carbocycles. The highest BCUT2D eigenvalue weighted by Crippen LogP contribution is 2.56. The minimum atomic E-state index is -5.97. The Kier molecular flexibility index (Phi) is 22.4. The highest BCUT2D eigenvalue weighted by atomic mass is 32.2. The van der Waals surface area contributed by atoms with Crippen LogP contribution in [0.5, 0.6) is 0 Å². The van der Waals surface area contributed by atoms with Gasteiger partial charge in [-0.15, -0.1) is 0 Å². The summed E-state index contributed by atoms with van der Waals surface area (Å²) in [4.78, 5) is 117. The number of phosphoric acid groups is 3. The van der Waals surface area contributed by atoms with Gasteiger partial charge in [0.05, 0.1) is 51.4 Å². The topological polar surface area (TPSA) is 510 Å². The van der Waals surface area contributed by atoms with Crippen LogP contribution in [0.4, 0.5) is 5.82 Å². The van der Waals surface area contributed by atoms with Crippen molar-refractivity contribution >= 4 is 81.1 Å². The number of aliphatic hydroxyl groups is 5. The second-order valence-electron chi connectivity index (χ2n) is 16.6. The number of carboxylic acids is 2. The van der Waals surface area contributed by atoms with Crippen molar-refractivity contribution in [1.82, 2.24) is 30.2 Å². The SMILES string of the molecule is CC(C)(COP(=O)([O-])OP(=O)([O-])OCC1OC(C)(n2cnc3c(N)ncnc32)C(O)C1OP(=O)([O-])[O-])C(O)C(=O)NCCC(=O)NCCSC(=O)C[C@@](C)(O)CC(=O)O.C[C@@](O)(CCO)CC(=O)O. The average molecular weight is 1070 g/mol. The van der Waals surface area contributed by atoms with Crippen LogP contribution in [0.15, 0.2) is 12.7 Å². The second-order valence-corrected chi connectivity index (χ2v) is 21.8. The van der Waals surface area contributed by atoms with E-state index in [1.54, 1.807) is 0 Å². The van der Waals surface area contributed by atoms with E-state index in [-0.39, 0.29) is 61.7 Å². The molecule has 1 aliphatic heterocycles. The van der Waals surface area contributed by atoms with Crippen molar-refractivity contribution in [3.8, 4) is 0 Å². The molecule has 1 fully saturated rings. The molecule has 3 rings (SSSR count). The zero-order valence-corrected chi connectivity index (χ0v) is 40.9. The van der Waals surface area contributed by atoms with Crippen LogP contribution in [-0.2, 0) is 66.0 Å². The number of nitrogen functional groups attached to an aromatic ring is 1. The molecule has 35 heteroatoms. The Morgan fingerprint density at radius 1 is 0.942 bits per heavy atom. The number of rotatable bonds is 27. The Labute approximate surface area is 396 Å². The van der Waals surface area contributed by atoms with E-state index < -0.39 is 125 Å². The maximum absolute atomic E-state index is 12.6. The Morgan fingerprint density at radius 3 is 2.12 bits per heavy atom. The summed E-state index contributed by atoms with van der Waals surface area (Å²) in [6.45, 7) is 3.22. The van der Waals surface area contributed by atoms with Crippen LogP contribution in [0.25, 0.3) is 11.2 Å². The second kappa shape index (κ2) is 25.2. The number of ether oxygens (including phenoxy) is 1. The van der Waals surface area contributed by atoms with Crippen molar-refractivity contribution in [2.24, 2.45) is 5.41 Å². The lowest BCUT2D eigenvalue weighted by atomic mass is 9.87. The first-order valence-electron chi connectivity index (χ1n) is 20.0. The van der Waals surface area contributed by atoms with E-state index in [0.717, 1.165) is 49.8 Å². The van der Waals surface area contributed by atoms with Crippen LogP contribution >= 0.6 is 35.2 Å². The summed E-state index contributed by atoms with van der Waals surface area (Å²) < 4.78 is 61.0. The quantitative estimate of drug-likeness (QED) is 0.0298.